The van der Waals surface area contributed by atoms with E-state index in [9.17, 15) is 13.2 Å². The molecule has 4 rings (SSSR count). The quantitative estimate of drug-likeness (QED) is 0.225. The van der Waals surface area contributed by atoms with Crippen molar-refractivity contribution in [1.29, 1.82) is 0 Å². The lowest BCUT2D eigenvalue weighted by molar-refractivity contribution is -0.120. The molecule has 0 unspecified atom stereocenters. The van der Waals surface area contributed by atoms with Crippen LogP contribution < -0.4 is 19.1 Å². The first kappa shape index (κ1) is 28.7. The average molecular weight is 559 g/mol. The standard InChI is InChI=1S/C32H34N2O5S/c1-5-30(25-13-20-31(38-4)24(3)21-25)33-32(35)22-34(40(36,37)29-18-11-23(2)12-19-29)26-14-16-28(17-15-26)39-27-9-7-6-8-10-27/h6-21,30H,5,22H2,1-4H3,(H,33,35)/t30-/m0/s1. The van der Waals surface area contributed by atoms with Crippen molar-refractivity contribution in [1.82, 2.24) is 5.32 Å². The van der Waals surface area contributed by atoms with Gasteiger partial charge < -0.3 is 14.8 Å². The Labute approximate surface area is 236 Å². The SMILES string of the molecule is CC[C@H](NC(=O)CN(c1ccc(Oc2ccccc2)cc1)S(=O)(=O)c1ccc(C)cc1)c1ccc(OC)c(C)c1. The Kier molecular flexibility index (Phi) is 9.11. The Morgan fingerprint density at radius 1 is 0.875 bits per heavy atom. The van der Waals surface area contributed by atoms with E-state index in [0.717, 1.165) is 26.7 Å². The number of nitrogens with one attached hydrogen (secondary N) is 1. The number of hydrogen-bond acceptors (Lipinski definition) is 5. The van der Waals surface area contributed by atoms with Gasteiger partial charge in [-0.3, -0.25) is 9.10 Å². The summed E-state index contributed by atoms with van der Waals surface area (Å²) in [6, 6.07) is 28.0. The second-order valence-corrected chi connectivity index (χ2v) is 11.4. The van der Waals surface area contributed by atoms with E-state index in [1.54, 1.807) is 55.6 Å². The van der Waals surface area contributed by atoms with Crippen LogP contribution in [0.3, 0.4) is 0 Å². The first-order chi connectivity index (χ1) is 19.2. The Balaban J connectivity index is 1.61. The van der Waals surface area contributed by atoms with Crippen molar-refractivity contribution in [3.05, 3.63) is 114 Å². The normalized spacial score (nSPS) is 11.9. The Morgan fingerprint density at radius 3 is 2.12 bits per heavy atom. The highest BCUT2D eigenvalue weighted by Gasteiger charge is 2.28. The molecule has 0 saturated carbocycles. The summed E-state index contributed by atoms with van der Waals surface area (Å²) in [6.45, 7) is 5.41. The number of aryl methyl sites for hydroxylation is 2. The molecular weight excluding hydrogens is 524 g/mol. The number of hydrogen-bond donors (Lipinski definition) is 1. The van der Waals surface area contributed by atoms with Crippen molar-refractivity contribution >= 4 is 21.6 Å². The molecular formula is C32H34N2O5S. The molecule has 0 aliphatic heterocycles. The summed E-state index contributed by atoms with van der Waals surface area (Å²) in [5, 5.41) is 3.01. The molecule has 0 radical (unpaired) electrons. The van der Waals surface area contributed by atoms with Gasteiger partial charge in [-0.25, -0.2) is 8.42 Å². The maximum absolute atomic E-state index is 13.8. The number of anilines is 1. The second-order valence-electron chi connectivity index (χ2n) is 9.49. The number of rotatable bonds is 11. The number of sulfonamides is 1. The predicted molar refractivity (Wildman–Crippen MR) is 158 cm³/mol. The molecule has 0 aliphatic carbocycles. The molecule has 0 spiro atoms. The largest absolute Gasteiger partial charge is 0.496 e. The molecule has 4 aromatic carbocycles. The zero-order valence-electron chi connectivity index (χ0n) is 23.1. The molecule has 40 heavy (non-hydrogen) atoms. The number of nitrogens with zero attached hydrogens (tertiary/aromatic N) is 1. The number of para-hydroxylation sites is 1. The van der Waals surface area contributed by atoms with Crippen LogP contribution in [-0.2, 0) is 14.8 Å². The number of ether oxygens (including phenoxy) is 2. The zero-order chi connectivity index (χ0) is 28.7. The van der Waals surface area contributed by atoms with Gasteiger partial charge in [-0.1, -0.05) is 55.0 Å². The highest BCUT2D eigenvalue weighted by atomic mass is 32.2. The van der Waals surface area contributed by atoms with Gasteiger partial charge in [0.25, 0.3) is 10.0 Å². The van der Waals surface area contributed by atoms with E-state index < -0.39 is 15.9 Å². The van der Waals surface area contributed by atoms with Crippen LogP contribution in [-0.4, -0.2) is 28.0 Å². The van der Waals surface area contributed by atoms with Crippen LogP contribution in [0.1, 0.15) is 36.1 Å². The molecule has 0 fully saturated rings. The molecule has 4 aromatic rings. The minimum atomic E-state index is -4.05. The molecule has 1 amide bonds. The first-order valence-corrected chi connectivity index (χ1v) is 14.5. The summed E-state index contributed by atoms with van der Waals surface area (Å²) in [4.78, 5) is 13.5. The highest BCUT2D eigenvalue weighted by molar-refractivity contribution is 7.92. The third-order valence-corrected chi connectivity index (χ3v) is 8.35. The van der Waals surface area contributed by atoms with Crippen LogP contribution in [0.15, 0.2) is 102 Å². The van der Waals surface area contributed by atoms with Crippen molar-refractivity contribution in [3.8, 4) is 17.2 Å². The Hall–Kier alpha value is -4.30. The van der Waals surface area contributed by atoms with E-state index in [2.05, 4.69) is 5.32 Å². The number of amides is 1. The van der Waals surface area contributed by atoms with Gasteiger partial charge in [-0.2, -0.15) is 0 Å². The van der Waals surface area contributed by atoms with Crippen LogP contribution in [0.25, 0.3) is 0 Å². The Morgan fingerprint density at radius 2 is 1.52 bits per heavy atom. The molecule has 0 aromatic heterocycles. The lowest BCUT2D eigenvalue weighted by atomic mass is 10.0. The van der Waals surface area contributed by atoms with Crippen LogP contribution in [0.2, 0.25) is 0 Å². The molecule has 1 N–H and O–H groups in total. The average Bonchev–Trinajstić information content (AvgIpc) is 2.96. The third kappa shape index (κ3) is 6.82. The van der Waals surface area contributed by atoms with E-state index in [4.69, 9.17) is 9.47 Å². The number of carbonyl (C=O) groups excluding carboxylic acids is 1. The lowest BCUT2D eigenvalue weighted by Gasteiger charge is -2.26. The van der Waals surface area contributed by atoms with Crippen molar-refractivity contribution in [2.45, 2.75) is 38.1 Å². The van der Waals surface area contributed by atoms with Crippen LogP contribution in [0.5, 0.6) is 17.2 Å². The molecule has 0 bridgehead atoms. The van der Waals surface area contributed by atoms with Gasteiger partial charge in [0.15, 0.2) is 0 Å². The van der Waals surface area contributed by atoms with Gasteiger partial charge in [0.2, 0.25) is 5.91 Å². The monoisotopic (exact) mass is 558 g/mol. The maximum atomic E-state index is 13.8. The summed E-state index contributed by atoms with van der Waals surface area (Å²) in [5.41, 5.74) is 3.16. The summed E-state index contributed by atoms with van der Waals surface area (Å²) in [5.74, 6) is 1.56. The summed E-state index contributed by atoms with van der Waals surface area (Å²) >= 11 is 0. The van der Waals surface area contributed by atoms with E-state index in [0.29, 0.717) is 23.6 Å². The zero-order valence-corrected chi connectivity index (χ0v) is 23.9. The van der Waals surface area contributed by atoms with Crippen LogP contribution in [0, 0.1) is 13.8 Å². The van der Waals surface area contributed by atoms with Crippen molar-refractivity contribution in [2.75, 3.05) is 18.0 Å². The van der Waals surface area contributed by atoms with Crippen LogP contribution >= 0.6 is 0 Å². The molecule has 0 aliphatic rings. The summed E-state index contributed by atoms with van der Waals surface area (Å²) in [7, 11) is -2.43. The van der Waals surface area contributed by atoms with Crippen molar-refractivity contribution in [3.63, 3.8) is 0 Å². The minimum Gasteiger partial charge on any atom is -0.496 e. The smallest absolute Gasteiger partial charge is 0.264 e. The lowest BCUT2D eigenvalue weighted by Crippen LogP contribution is -2.42. The van der Waals surface area contributed by atoms with Gasteiger partial charge in [0.05, 0.1) is 23.7 Å². The van der Waals surface area contributed by atoms with Gasteiger partial charge in [0.1, 0.15) is 23.8 Å². The van der Waals surface area contributed by atoms with E-state index in [-0.39, 0.29) is 17.5 Å². The molecule has 0 heterocycles. The number of methoxy groups -OCH3 is 1. The molecule has 8 heteroatoms. The fourth-order valence-corrected chi connectivity index (χ4v) is 5.79. The molecule has 7 nitrogen and oxygen atoms in total. The van der Waals surface area contributed by atoms with Crippen LogP contribution in [0.4, 0.5) is 5.69 Å². The van der Waals surface area contributed by atoms with Gasteiger partial charge in [-0.15, -0.1) is 0 Å². The van der Waals surface area contributed by atoms with E-state index in [1.807, 2.05) is 69.3 Å². The van der Waals surface area contributed by atoms with Gasteiger partial charge in [-0.05, 0) is 86.0 Å². The summed E-state index contributed by atoms with van der Waals surface area (Å²) in [6.07, 6.45) is 0.633. The van der Waals surface area contributed by atoms with E-state index in [1.165, 1.54) is 0 Å². The number of benzene rings is 4. The fourth-order valence-electron chi connectivity index (χ4n) is 4.37. The molecule has 0 saturated heterocycles. The third-order valence-electron chi connectivity index (χ3n) is 6.56. The van der Waals surface area contributed by atoms with Crippen molar-refractivity contribution < 1.29 is 22.7 Å². The highest BCUT2D eigenvalue weighted by Crippen LogP contribution is 2.29. The predicted octanol–water partition coefficient (Wildman–Crippen LogP) is 6.57. The Bertz CT molecular complexity index is 1540. The molecule has 1 atom stereocenters. The number of carbonyl (C=O) groups is 1. The maximum Gasteiger partial charge on any atom is 0.264 e. The van der Waals surface area contributed by atoms with Gasteiger partial charge in [0, 0.05) is 0 Å². The van der Waals surface area contributed by atoms with Gasteiger partial charge >= 0.3 is 0 Å². The topological polar surface area (TPSA) is 84.9 Å². The second kappa shape index (κ2) is 12.7. The first-order valence-electron chi connectivity index (χ1n) is 13.1. The molecule has 208 valence electrons. The van der Waals surface area contributed by atoms with Crippen molar-refractivity contribution in [2.24, 2.45) is 0 Å². The summed E-state index contributed by atoms with van der Waals surface area (Å²) < 4.78 is 39.9. The fraction of sp³-hybridized carbons (Fsp3) is 0.219. The minimum absolute atomic E-state index is 0.105. The van der Waals surface area contributed by atoms with E-state index >= 15 is 0 Å².